The second-order valence-corrected chi connectivity index (χ2v) is 12.2. The molecule has 0 spiro atoms. The number of benzene rings is 1. The molecule has 0 radical (unpaired) electrons. The van der Waals surface area contributed by atoms with Gasteiger partial charge in [0.1, 0.15) is 20.6 Å². The van der Waals surface area contributed by atoms with Crippen LogP contribution in [0.25, 0.3) is 0 Å². The van der Waals surface area contributed by atoms with Crippen molar-refractivity contribution in [3.63, 3.8) is 0 Å². The van der Waals surface area contributed by atoms with Crippen molar-refractivity contribution < 1.29 is 23.2 Å². The van der Waals surface area contributed by atoms with E-state index in [1.54, 1.807) is 32.9 Å². The van der Waals surface area contributed by atoms with Gasteiger partial charge in [0.25, 0.3) is 5.91 Å². The maximum atomic E-state index is 13.5. The molecule has 0 saturated heterocycles. The van der Waals surface area contributed by atoms with Gasteiger partial charge in [0.05, 0.1) is 12.1 Å². The number of carbonyl (C=O) groups excluding carboxylic acids is 1. The average Bonchev–Trinajstić information content (AvgIpc) is 3.04. The van der Waals surface area contributed by atoms with Gasteiger partial charge in [-0.3, -0.25) is 4.79 Å². The van der Waals surface area contributed by atoms with E-state index in [1.807, 2.05) is 27.7 Å². The Morgan fingerprint density at radius 2 is 1.76 bits per heavy atom. The molecule has 1 heterocycles. The molecule has 0 aliphatic rings. The van der Waals surface area contributed by atoms with Crippen molar-refractivity contribution in [2.75, 3.05) is 0 Å². The first-order valence-corrected chi connectivity index (χ1v) is 13.2. The number of hydrogen-bond acceptors (Lipinski definition) is 6. The Labute approximate surface area is 199 Å². The molecule has 0 saturated carbocycles. The number of nitrogens with zero attached hydrogens (tertiary/aromatic N) is 2. The molecule has 1 aromatic carbocycles. The van der Waals surface area contributed by atoms with E-state index in [1.165, 1.54) is 6.92 Å². The van der Waals surface area contributed by atoms with Crippen LogP contribution in [0.2, 0.25) is 0 Å². The highest BCUT2D eigenvalue weighted by atomic mass is 32.2. The zero-order valence-corrected chi connectivity index (χ0v) is 22.1. The van der Waals surface area contributed by atoms with Crippen LogP contribution in [0.15, 0.2) is 20.7 Å². The zero-order valence-electron chi connectivity index (χ0n) is 20.4. The number of nitrogens with two attached hydrogens (primary N) is 1. The highest BCUT2D eigenvalue weighted by Gasteiger charge is 2.26. The second kappa shape index (κ2) is 10.2. The topological polar surface area (TPSA) is 115 Å². The third-order valence-corrected chi connectivity index (χ3v) is 8.48. The molecule has 33 heavy (non-hydrogen) atoms. The molecular formula is C23H34FN3O4S2. The molecule has 184 valence electrons. The number of aliphatic hydroxyl groups is 1. The van der Waals surface area contributed by atoms with Gasteiger partial charge in [-0.2, -0.15) is 0 Å². The minimum Gasteiger partial charge on any atom is -0.461 e. The lowest BCUT2D eigenvalue weighted by Crippen LogP contribution is -2.17. The molecule has 10 heteroatoms. The van der Waals surface area contributed by atoms with Crippen LogP contribution in [0.3, 0.4) is 0 Å². The summed E-state index contributed by atoms with van der Waals surface area (Å²) >= 11 is 0.986. The summed E-state index contributed by atoms with van der Waals surface area (Å²) in [6.07, 6.45) is -1.57. The van der Waals surface area contributed by atoms with E-state index in [-0.39, 0.29) is 22.5 Å². The Hall–Kier alpha value is -1.88. The fourth-order valence-corrected chi connectivity index (χ4v) is 6.02. The van der Waals surface area contributed by atoms with Crippen LogP contribution in [0.1, 0.15) is 87.7 Å². The third kappa shape index (κ3) is 6.81. The molecule has 1 aromatic heterocycles. The molecule has 1 amide bonds. The molecule has 0 fully saturated rings. The molecule has 7 nitrogen and oxygen atoms in total. The largest absolute Gasteiger partial charge is 0.461 e. The molecule has 2 unspecified atom stereocenters. The maximum absolute atomic E-state index is 13.5. The summed E-state index contributed by atoms with van der Waals surface area (Å²) in [6.45, 7) is 13.9. The molecule has 2 aromatic rings. The van der Waals surface area contributed by atoms with Crippen molar-refractivity contribution in [3.05, 3.63) is 39.5 Å². The van der Waals surface area contributed by atoms with E-state index in [9.17, 15) is 18.5 Å². The van der Waals surface area contributed by atoms with Crippen LogP contribution in [0.5, 0.6) is 5.75 Å². The van der Waals surface area contributed by atoms with Crippen molar-refractivity contribution in [2.45, 2.75) is 89.8 Å². The molecule has 0 aliphatic heterocycles. The predicted molar refractivity (Wildman–Crippen MR) is 130 cm³/mol. The first-order chi connectivity index (χ1) is 15.0. The standard InChI is InChI=1S/C23H34FN3O4S2/c1-12(2)17-9-16(31-15(6)24)10-18(13(3)4)19(17)11-20(28)27-33(25,30)21-14(5)26-22(32-21)23(7,8)29/h9-10,12-13,15,29H,11H2,1-8H3,(H2,25,27,28,30). The number of rotatable bonds is 8. The van der Waals surface area contributed by atoms with Crippen molar-refractivity contribution in [1.82, 2.24) is 4.98 Å². The summed E-state index contributed by atoms with van der Waals surface area (Å²) in [5.74, 6) is -0.169. The lowest BCUT2D eigenvalue weighted by atomic mass is 9.86. The van der Waals surface area contributed by atoms with Gasteiger partial charge in [-0.25, -0.2) is 18.7 Å². The number of carbonyl (C=O) groups is 1. The monoisotopic (exact) mass is 499 g/mol. The van der Waals surface area contributed by atoms with Gasteiger partial charge >= 0.3 is 0 Å². The Morgan fingerprint density at radius 1 is 1.24 bits per heavy atom. The minimum absolute atomic E-state index is 0.0316. The van der Waals surface area contributed by atoms with Crippen LogP contribution in [-0.4, -0.2) is 26.6 Å². The SMILES string of the molecule is Cc1nc(C(C)(C)O)sc1S(N)(=O)=NC(=O)Cc1c(C(C)C)cc(OC(C)F)cc1C(C)C. The number of halogens is 1. The number of aryl methyl sites for hydroxylation is 1. The molecule has 2 rings (SSSR count). The van der Waals surface area contributed by atoms with E-state index in [2.05, 4.69) is 9.35 Å². The van der Waals surface area contributed by atoms with Gasteiger partial charge in [-0.15, -0.1) is 15.7 Å². The number of alkyl halides is 1. The summed E-state index contributed by atoms with van der Waals surface area (Å²) in [5, 5.41) is 16.5. The lowest BCUT2D eigenvalue weighted by Gasteiger charge is -2.21. The van der Waals surface area contributed by atoms with Gasteiger partial charge in [-0.05, 0) is 61.4 Å². The number of amides is 1. The summed E-state index contributed by atoms with van der Waals surface area (Å²) in [6, 6.07) is 3.47. The van der Waals surface area contributed by atoms with Gasteiger partial charge in [-0.1, -0.05) is 27.7 Å². The third-order valence-electron chi connectivity index (χ3n) is 4.94. The molecule has 0 aliphatic carbocycles. The van der Waals surface area contributed by atoms with E-state index < -0.39 is 27.8 Å². The number of thiazole rings is 1. The Bertz CT molecular complexity index is 1110. The van der Waals surface area contributed by atoms with Crippen LogP contribution >= 0.6 is 11.3 Å². The van der Waals surface area contributed by atoms with Crippen LogP contribution < -0.4 is 9.88 Å². The van der Waals surface area contributed by atoms with Gasteiger partial charge in [0.15, 0.2) is 9.92 Å². The van der Waals surface area contributed by atoms with E-state index >= 15 is 0 Å². The summed E-state index contributed by atoms with van der Waals surface area (Å²) in [7, 11) is -3.54. The smallest absolute Gasteiger partial charge is 0.259 e. The fourth-order valence-electron chi connectivity index (χ4n) is 3.47. The van der Waals surface area contributed by atoms with Crippen molar-refractivity contribution in [1.29, 1.82) is 0 Å². The Balaban J connectivity index is 2.52. The fraction of sp³-hybridized carbons (Fsp3) is 0.565. The molecule has 2 atom stereocenters. The lowest BCUT2D eigenvalue weighted by molar-refractivity contribution is -0.117. The maximum Gasteiger partial charge on any atom is 0.259 e. The van der Waals surface area contributed by atoms with E-state index in [0.717, 1.165) is 28.0 Å². The highest BCUT2D eigenvalue weighted by Crippen LogP contribution is 2.34. The Kier molecular flexibility index (Phi) is 8.43. The predicted octanol–water partition coefficient (Wildman–Crippen LogP) is 5.09. The van der Waals surface area contributed by atoms with Crippen LogP contribution in [0.4, 0.5) is 4.39 Å². The van der Waals surface area contributed by atoms with Crippen molar-refractivity contribution in [2.24, 2.45) is 9.50 Å². The van der Waals surface area contributed by atoms with Crippen molar-refractivity contribution >= 4 is 27.2 Å². The van der Waals surface area contributed by atoms with Gasteiger partial charge in [0.2, 0.25) is 6.36 Å². The highest BCUT2D eigenvalue weighted by molar-refractivity contribution is 7.93. The molecular weight excluding hydrogens is 465 g/mol. The number of aromatic nitrogens is 1. The Morgan fingerprint density at radius 3 is 2.15 bits per heavy atom. The van der Waals surface area contributed by atoms with Gasteiger partial charge in [0, 0.05) is 6.92 Å². The second-order valence-electron chi connectivity index (χ2n) is 9.23. The minimum atomic E-state index is -3.54. The summed E-state index contributed by atoms with van der Waals surface area (Å²) in [5.41, 5.74) is 1.56. The summed E-state index contributed by atoms with van der Waals surface area (Å²) in [4.78, 5) is 17.2. The quantitative estimate of drug-likeness (QED) is 0.525. The number of ether oxygens (including phenoxy) is 1. The van der Waals surface area contributed by atoms with Crippen LogP contribution in [-0.2, 0) is 26.7 Å². The van der Waals surface area contributed by atoms with E-state index in [0.29, 0.717) is 16.5 Å². The molecule has 0 bridgehead atoms. The zero-order chi connectivity index (χ0) is 25.3. The van der Waals surface area contributed by atoms with Crippen molar-refractivity contribution in [3.8, 4) is 5.75 Å². The number of hydrogen-bond donors (Lipinski definition) is 2. The first-order valence-electron chi connectivity index (χ1n) is 10.8. The van der Waals surface area contributed by atoms with Gasteiger partial charge < -0.3 is 9.84 Å². The van der Waals surface area contributed by atoms with Crippen LogP contribution in [0, 0.1) is 6.92 Å². The average molecular weight is 500 g/mol. The normalized spacial score (nSPS) is 14.9. The first kappa shape index (κ1) is 27.4. The van der Waals surface area contributed by atoms with E-state index in [4.69, 9.17) is 9.88 Å². The summed E-state index contributed by atoms with van der Waals surface area (Å²) < 4.78 is 35.9. The molecule has 3 N–H and O–H groups in total.